The molecule has 0 aromatic heterocycles. The van der Waals surface area contributed by atoms with E-state index in [1.165, 1.54) is 12.8 Å². The van der Waals surface area contributed by atoms with Crippen LogP contribution in [0.3, 0.4) is 0 Å². The molecule has 5 heteroatoms. The third-order valence-electron chi connectivity index (χ3n) is 0.866. The van der Waals surface area contributed by atoms with Crippen LogP contribution in [0.4, 0.5) is 4.79 Å². The van der Waals surface area contributed by atoms with Gasteiger partial charge in [0.05, 0.1) is 6.61 Å². The fraction of sp³-hybridized carbons (Fsp3) is 0.857. The highest BCUT2D eigenvalue weighted by Crippen LogP contribution is 1.87. The van der Waals surface area contributed by atoms with Crippen molar-refractivity contribution in [2.45, 2.75) is 26.7 Å². The molecule has 0 heterocycles. The number of primary amides is 1. The van der Waals surface area contributed by atoms with E-state index in [4.69, 9.17) is 5.11 Å². The number of hydrogen-bond acceptors (Lipinski definition) is 3. The number of nitrogens with two attached hydrogens (primary N) is 1. The van der Waals surface area contributed by atoms with Gasteiger partial charge in [0.15, 0.2) is 0 Å². The van der Waals surface area contributed by atoms with Gasteiger partial charge in [-0.1, -0.05) is 26.7 Å². The molecule has 0 saturated heterocycles. The lowest BCUT2D eigenvalue weighted by Gasteiger charge is -1.94. The Morgan fingerprint density at radius 1 is 1.50 bits per heavy atom. The smallest absolute Gasteiger partial charge is 0.322 e. The Labute approximate surface area is 78.0 Å². The summed E-state index contributed by atoms with van der Waals surface area (Å²) in [5.41, 5.74) is 4.68. The summed E-state index contributed by atoms with van der Waals surface area (Å²) in [6, 6.07) is -0.580. The zero-order chi connectivity index (χ0) is 9.82. The van der Waals surface area contributed by atoms with Crippen LogP contribution in [0.15, 0.2) is 0 Å². The summed E-state index contributed by atoms with van der Waals surface area (Å²) in [7, 11) is 0. The molecule has 0 atom stereocenters. The van der Waals surface area contributed by atoms with Crippen molar-refractivity contribution in [3.63, 3.8) is 0 Å². The predicted octanol–water partition coefficient (Wildman–Crippen LogP) is 1.10. The van der Waals surface area contributed by atoms with Crippen molar-refractivity contribution in [3.8, 4) is 0 Å². The Bertz CT molecular complexity index is 99.4. The van der Waals surface area contributed by atoms with Crippen molar-refractivity contribution in [1.29, 1.82) is 0 Å². The lowest BCUT2D eigenvalue weighted by molar-refractivity contribution is 0.254. The van der Waals surface area contributed by atoms with Crippen LogP contribution in [0.2, 0.25) is 0 Å². The molecule has 0 aliphatic rings. The monoisotopic (exact) mass is 194 g/mol. The van der Waals surface area contributed by atoms with Crippen LogP contribution in [0.5, 0.6) is 0 Å². The van der Waals surface area contributed by atoms with Gasteiger partial charge in [0.1, 0.15) is 0 Å². The van der Waals surface area contributed by atoms with Crippen LogP contribution < -0.4 is 10.5 Å². The summed E-state index contributed by atoms with van der Waals surface area (Å²) in [5, 5.41) is 8.17. The van der Waals surface area contributed by atoms with Gasteiger partial charge in [0, 0.05) is 5.75 Å². The number of aliphatic hydroxyl groups is 1. The Morgan fingerprint density at radius 3 is 2.25 bits per heavy atom. The lowest BCUT2D eigenvalue weighted by Crippen LogP contribution is -2.23. The van der Waals surface area contributed by atoms with Gasteiger partial charge in [-0.15, -0.1) is 0 Å². The summed E-state index contributed by atoms with van der Waals surface area (Å²) in [4.78, 5) is 9.88. The molecule has 0 spiro atoms. The highest BCUT2D eigenvalue weighted by atomic mass is 32.2. The molecule has 0 unspecified atom stereocenters. The topological polar surface area (TPSA) is 75.4 Å². The molecule has 12 heavy (non-hydrogen) atoms. The first kappa shape index (κ1) is 14.1. The lowest BCUT2D eigenvalue weighted by atomic mass is 10.4. The molecule has 0 rings (SSSR count). The molecule has 0 aliphatic carbocycles. The normalized spacial score (nSPS) is 8.25. The highest BCUT2D eigenvalue weighted by molar-refractivity contribution is 7.97. The van der Waals surface area contributed by atoms with Gasteiger partial charge in [-0.25, -0.2) is 4.79 Å². The van der Waals surface area contributed by atoms with Crippen molar-refractivity contribution in [2.75, 3.05) is 12.4 Å². The summed E-state index contributed by atoms with van der Waals surface area (Å²) in [6.45, 7) is 4.41. The second-order valence-electron chi connectivity index (χ2n) is 2.04. The zero-order valence-corrected chi connectivity index (χ0v) is 8.49. The minimum Gasteiger partial charge on any atom is -0.395 e. The molecule has 2 amide bonds. The Kier molecular flexibility index (Phi) is 15.5. The van der Waals surface area contributed by atoms with E-state index < -0.39 is 6.03 Å². The van der Waals surface area contributed by atoms with Gasteiger partial charge in [-0.2, -0.15) is 0 Å². The van der Waals surface area contributed by atoms with Crippen LogP contribution in [0.25, 0.3) is 0 Å². The number of aliphatic hydroxyl groups excluding tert-OH is 1. The van der Waals surface area contributed by atoms with E-state index in [1.54, 1.807) is 0 Å². The number of amides is 2. The molecule has 4 N–H and O–H groups in total. The Hall–Kier alpha value is -0.420. The van der Waals surface area contributed by atoms with Crippen LogP contribution in [0, 0.1) is 0 Å². The number of carbonyl (C=O) groups excluding carboxylic acids is 1. The fourth-order valence-corrected chi connectivity index (χ4v) is 0.503. The third-order valence-corrected chi connectivity index (χ3v) is 1.60. The molecule has 4 nitrogen and oxygen atoms in total. The highest BCUT2D eigenvalue weighted by Gasteiger charge is 1.87. The van der Waals surface area contributed by atoms with Gasteiger partial charge >= 0.3 is 6.03 Å². The van der Waals surface area contributed by atoms with Crippen molar-refractivity contribution in [3.05, 3.63) is 0 Å². The number of hydrogen-bond donors (Lipinski definition) is 3. The van der Waals surface area contributed by atoms with Gasteiger partial charge in [-0.05, 0) is 11.9 Å². The van der Waals surface area contributed by atoms with Crippen molar-refractivity contribution >= 4 is 18.0 Å². The number of carbonyl (C=O) groups is 1. The quantitative estimate of drug-likeness (QED) is 0.463. The molecule has 0 aromatic rings. The van der Waals surface area contributed by atoms with Gasteiger partial charge in [0.2, 0.25) is 0 Å². The largest absolute Gasteiger partial charge is 0.395 e. The SMILES string of the molecule is CCCC.NC(=O)NSCCO. The second-order valence-corrected chi connectivity index (χ2v) is 2.94. The third kappa shape index (κ3) is 22.7. The summed E-state index contributed by atoms with van der Waals surface area (Å²) in [6.07, 6.45) is 2.64. The number of urea groups is 1. The van der Waals surface area contributed by atoms with Crippen LogP contribution in [-0.2, 0) is 0 Å². The first-order valence-electron chi connectivity index (χ1n) is 3.97. The summed E-state index contributed by atoms with van der Waals surface area (Å²) in [5.74, 6) is 0.475. The molecule has 0 aromatic carbocycles. The average Bonchev–Trinajstić information content (AvgIpc) is 2.05. The summed E-state index contributed by atoms with van der Waals surface area (Å²) >= 11 is 1.09. The first-order valence-corrected chi connectivity index (χ1v) is 4.95. The molecule has 0 fully saturated rings. The van der Waals surface area contributed by atoms with Crippen LogP contribution in [0.1, 0.15) is 26.7 Å². The van der Waals surface area contributed by atoms with Crippen molar-refractivity contribution < 1.29 is 9.90 Å². The van der Waals surface area contributed by atoms with E-state index in [0.717, 1.165) is 11.9 Å². The standard InChI is InChI=1S/C4H10.C3H8N2O2S/c1-3-4-2;4-3(7)5-8-2-1-6/h3-4H2,1-2H3;6H,1-2H2,(H3,4,5,7). The fourth-order valence-electron chi connectivity index (χ4n) is 0.168. The molecule has 0 aliphatic heterocycles. The minimum atomic E-state index is -0.580. The average molecular weight is 194 g/mol. The van der Waals surface area contributed by atoms with Gasteiger partial charge in [-0.3, -0.25) is 4.72 Å². The van der Waals surface area contributed by atoms with Gasteiger partial charge in [0.25, 0.3) is 0 Å². The number of rotatable bonds is 4. The summed E-state index contributed by atoms with van der Waals surface area (Å²) < 4.78 is 2.24. The van der Waals surface area contributed by atoms with Crippen molar-refractivity contribution in [2.24, 2.45) is 5.73 Å². The van der Waals surface area contributed by atoms with Gasteiger partial charge < -0.3 is 10.8 Å². The van der Waals surface area contributed by atoms with E-state index in [-0.39, 0.29) is 6.61 Å². The first-order chi connectivity index (χ1) is 5.68. The minimum absolute atomic E-state index is 0.0466. The van der Waals surface area contributed by atoms with E-state index in [9.17, 15) is 4.79 Å². The molecule has 0 radical (unpaired) electrons. The maximum absolute atomic E-state index is 9.88. The zero-order valence-electron chi connectivity index (χ0n) is 7.67. The number of unbranched alkanes of at least 4 members (excludes halogenated alkanes) is 1. The van der Waals surface area contributed by atoms with Crippen LogP contribution in [-0.4, -0.2) is 23.5 Å². The second kappa shape index (κ2) is 13.2. The van der Waals surface area contributed by atoms with E-state index >= 15 is 0 Å². The molecular formula is C7H18N2O2S. The molecular weight excluding hydrogens is 176 g/mol. The van der Waals surface area contributed by atoms with Crippen LogP contribution >= 0.6 is 11.9 Å². The molecule has 0 saturated carbocycles. The van der Waals surface area contributed by atoms with E-state index in [2.05, 4.69) is 24.3 Å². The number of nitrogens with one attached hydrogen (secondary N) is 1. The molecule has 74 valence electrons. The predicted molar refractivity (Wildman–Crippen MR) is 52.8 cm³/mol. The maximum atomic E-state index is 9.88. The van der Waals surface area contributed by atoms with Crippen molar-refractivity contribution in [1.82, 2.24) is 4.72 Å². The Balaban J connectivity index is 0. The Morgan fingerprint density at radius 2 is 2.00 bits per heavy atom. The van der Waals surface area contributed by atoms with E-state index in [0.29, 0.717) is 5.75 Å². The van der Waals surface area contributed by atoms with E-state index in [1.807, 2.05) is 0 Å². The maximum Gasteiger partial charge on any atom is 0.322 e. The molecule has 0 bridgehead atoms.